The van der Waals surface area contributed by atoms with Crippen LogP contribution in [-0.4, -0.2) is 32.3 Å². The number of carbonyl (C=O) groups is 2. The monoisotopic (exact) mass is 296 g/mol. The van der Waals surface area contributed by atoms with E-state index in [0.29, 0.717) is 17.1 Å². The van der Waals surface area contributed by atoms with Crippen LogP contribution in [0.1, 0.15) is 32.4 Å². The second-order valence-electron chi connectivity index (χ2n) is 5.26. The van der Waals surface area contributed by atoms with Gasteiger partial charge in [-0.1, -0.05) is 6.07 Å². The first-order valence-corrected chi connectivity index (χ1v) is 6.36. The lowest BCUT2D eigenvalue weighted by atomic mass is 10.1. The molecule has 0 saturated carbocycles. The zero-order chi connectivity index (χ0) is 16.0. The standard InChI is InChI=1S/C15H20O6/c1-15(2,3)21-14(17)13(20-9-16)10-6-7-11(18-4)12(8-10)19-5/h6-9,13H,1-5H3. The number of methoxy groups -OCH3 is 2. The Hall–Kier alpha value is -2.24. The van der Waals surface area contributed by atoms with E-state index in [4.69, 9.17) is 18.9 Å². The van der Waals surface area contributed by atoms with Crippen molar-refractivity contribution in [2.75, 3.05) is 14.2 Å². The van der Waals surface area contributed by atoms with Crippen molar-refractivity contribution in [1.82, 2.24) is 0 Å². The molecule has 0 fully saturated rings. The fourth-order valence-electron chi connectivity index (χ4n) is 1.70. The lowest BCUT2D eigenvalue weighted by molar-refractivity contribution is -0.171. The first-order chi connectivity index (χ1) is 9.82. The Morgan fingerprint density at radius 3 is 2.24 bits per heavy atom. The molecule has 0 spiro atoms. The molecule has 0 bridgehead atoms. The van der Waals surface area contributed by atoms with E-state index >= 15 is 0 Å². The van der Waals surface area contributed by atoms with Crippen molar-refractivity contribution in [2.24, 2.45) is 0 Å². The lowest BCUT2D eigenvalue weighted by Gasteiger charge is -2.23. The molecule has 0 aromatic heterocycles. The third-order valence-corrected chi connectivity index (χ3v) is 2.52. The average molecular weight is 296 g/mol. The highest BCUT2D eigenvalue weighted by Crippen LogP contribution is 2.31. The molecule has 0 aliphatic rings. The molecule has 1 rings (SSSR count). The zero-order valence-electron chi connectivity index (χ0n) is 12.8. The van der Waals surface area contributed by atoms with E-state index in [1.807, 2.05) is 0 Å². The minimum atomic E-state index is -1.15. The third kappa shape index (κ3) is 4.66. The number of ether oxygens (including phenoxy) is 4. The van der Waals surface area contributed by atoms with Crippen LogP contribution >= 0.6 is 0 Å². The number of hydrogen-bond acceptors (Lipinski definition) is 6. The van der Waals surface area contributed by atoms with E-state index < -0.39 is 17.7 Å². The minimum absolute atomic E-state index is 0.214. The molecule has 1 atom stereocenters. The summed E-state index contributed by atoms with van der Waals surface area (Å²) in [5.74, 6) is 0.287. The Kier molecular flexibility index (Phi) is 5.58. The highest BCUT2D eigenvalue weighted by molar-refractivity contribution is 5.78. The van der Waals surface area contributed by atoms with Gasteiger partial charge in [-0.25, -0.2) is 4.79 Å². The molecule has 0 aliphatic heterocycles. The van der Waals surface area contributed by atoms with Crippen LogP contribution in [0.2, 0.25) is 0 Å². The molecule has 0 saturated heterocycles. The summed E-state index contributed by atoms with van der Waals surface area (Å²) < 4.78 is 20.4. The molecule has 0 N–H and O–H groups in total. The van der Waals surface area contributed by atoms with Gasteiger partial charge in [-0.2, -0.15) is 0 Å². The van der Waals surface area contributed by atoms with Crippen molar-refractivity contribution in [3.8, 4) is 11.5 Å². The smallest absolute Gasteiger partial charge is 0.352 e. The normalized spacial score (nSPS) is 12.2. The van der Waals surface area contributed by atoms with Gasteiger partial charge in [0.2, 0.25) is 6.10 Å². The molecule has 0 amide bonds. The van der Waals surface area contributed by atoms with Crippen molar-refractivity contribution in [1.29, 1.82) is 0 Å². The van der Waals surface area contributed by atoms with E-state index in [0.717, 1.165) is 0 Å². The Balaban J connectivity index is 3.10. The molecule has 1 aromatic carbocycles. The maximum absolute atomic E-state index is 12.1. The van der Waals surface area contributed by atoms with Gasteiger partial charge in [0.1, 0.15) is 5.60 Å². The van der Waals surface area contributed by atoms with Gasteiger partial charge in [-0.3, -0.25) is 4.79 Å². The molecule has 1 aromatic rings. The van der Waals surface area contributed by atoms with Crippen LogP contribution in [-0.2, 0) is 19.1 Å². The first kappa shape index (κ1) is 16.8. The lowest BCUT2D eigenvalue weighted by Crippen LogP contribution is -2.28. The molecular formula is C15H20O6. The van der Waals surface area contributed by atoms with Gasteiger partial charge in [0.25, 0.3) is 6.47 Å². The van der Waals surface area contributed by atoms with Crippen molar-refractivity contribution < 1.29 is 28.5 Å². The highest BCUT2D eigenvalue weighted by Gasteiger charge is 2.28. The predicted octanol–water partition coefficient (Wildman–Crippen LogP) is 2.26. The second kappa shape index (κ2) is 6.97. The van der Waals surface area contributed by atoms with Gasteiger partial charge in [-0.05, 0) is 32.9 Å². The third-order valence-electron chi connectivity index (χ3n) is 2.52. The molecule has 0 heterocycles. The summed E-state index contributed by atoms with van der Waals surface area (Å²) in [6.45, 7) is 5.41. The zero-order valence-corrected chi connectivity index (χ0v) is 12.8. The maximum atomic E-state index is 12.1. The van der Waals surface area contributed by atoms with E-state index in [9.17, 15) is 9.59 Å². The van der Waals surface area contributed by atoms with E-state index in [1.54, 1.807) is 39.0 Å². The molecule has 1 unspecified atom stereocenters. The Morgan fingerprint density at radius 2 is 1.76 bits per heavy atom. The van der Waals surface area contributed by atoms with Crippen LogP contribution in [0.5, 0.6) is 11.5 Å². The van der Waals surface area contributed by atoms with Crippen LogP contribution in [0, 0.1) is 0 Å². The first-order valence-electron chi connectivity index (χ1n) is 6.36. The molecular weight excluding hydrogens is 276 g/mol. The summed E-state index contributed by atoms with van der Waals surface area (Å²) in [5.41, 5.74) is -0.244. The van der Waals surface area contributed by atoms with Gasteiger partial charge in [0.05, 0.1) is 14.2 Å². The van der Waals surface area contributed by atoms with E-state index in [-0.39, 0.29) is 6.47 Å². The predicted molar refractivity (Wildman–Crippen MR) is 75.3 cm³/mol. The van der Waals surface area contributed by atoms with E-state index in [2.05, 4.69) is 0 Å². The SMILES string of the molecule is COc1ccc(C(OC=O)C(=O)OC(C)(C)C)cc1OC. The van der Waals surface area contributed by atoms with Gasteiger partial charge in [0.15, 0.2) is 11.5 Å². The summed E-state index contributed by atoms with van der Waals surface area (Å²) in [5, 5.41) is 0. The van der Waals surface area contributed by atoms with Crippen LogP contribution < -0.4 is 9.47 Å². The molecule has 0 radical (unpaired) electrons. The summed E-state index contributed by atoms with van der Waals surface area (Å²) in [6.07, 6.45) is -1.15. The summed E-state index contributed by atoms with van der Waals surface area (Å²) >= 11 is 0. The average Bonchev–Trinajstić information content (AvgIpc) is 2.42. The molecule has 21 heavy (non-hydrogen) atoms. The van der Waals surface area contributed by atoms with Crippen LogP contribution in [0.25, 0.3) is 0 Å². The van der Waals surface area contributed by atoms with Gasteiger partial charge in [0, 0.05) is 5.56 Å². The minimum Gasteiger partial charge on any atom is -0.493 e. The van der Waals surface area contributed by atoms with Crippen LogP contribution in [0.3, 0.4) is 0 Å². The Bertz CT molecular complexity index is 503. The topological polar surface area (TPSA) is 71.1 Å². The summed E-state index contributed by atoms with van der Waals surface area (Å²) in [4.78, 5) is 22.8. The van der Waals surface area contributed by atoms with Crippen molar-refractivity contribution in [3.05, 3.63) is 23.8 Å². The second-order valence-corrected chi connectivity index (χ2v) is 5.26. The number of esters is 1. The van der Waals surface area contributed by atoms with Crippen molar-refractivity contribution in [3.63, 3.8) is 0 Å². The largest absolute Gasteiger partial charge is 0.493 e. The van der Waals surface area contributed by atoms with Crippen LogP contribution in [0.4, 0.5) is 0 Å². The Labute approximate surface area is 123 Å². The van der Waals surface area contributed by atoms with Gasteiger partial charge in [-0.15, -0.1) is 0 Å². The van der Waals surface area contributed by atoms with Crippen molar-refractivity contribution in [2.45, 2.75) is 32.5 Å². The molecule has 0 aliphatic carbocycles. The number of rotatable bonds is 6. The molecule has 116 valence electrons. The fraction of sp³-hybridized carbons (Fsp3) is 0.467. The summed E-state index contributed by atoms with van der Waals surface area (Å²) in [7, 11) is 2.98. The number of carbonyl (C=O) groups excluding carboxylic acids is 2. The van der Waals surface area contributed by atoms with Gasteiger partial charge < -0.3 is 18.9 Å². The molecule has 6 nitrogen and oxygen atoms in total. The highest BCUT2D eigenvalue weighted by atomic mass is 16.6. The van der Waals surface area contributed by atoms with Crippen LogP contribution in [0.15, 0.2) is 18.2 Å². The quantitative estimate of drug-likeness (QED) is 0.592. The number of benzene rings is 1. The maximum Gasteiger partial charge on any atom is 0.352 e. The van der Waals surface area contributed by atoms with E-state index in [1.165, 1.54) is 14.2 Å². The fourth-order valence-corrected chi connectivity index (χ4v) is 1.70. The van der Waals surface area contributed by atoms with Gasteiger partial charge >= 0.3 is 5.97 Å². The summed E-state index contributed by atoms with van der Waals surface area (Å²) in [6, 6.07) is 4.80. The molecule has 6 heteroatoms. The van der Waals surface area contributed by atoms with Crippen molar-refractivity contribution >= 4 is 12.4 Å². The number of hydrogen-bond donors (Lipinski definition) is 0. The Morgan fingerprint density at radius 1 is 1.14 bits per heavy atom.